The number of carbonyl (C=O) groups excluding carboxylic acids is 2. The van der Waals surface area contributed by atoms with Crippen molar-refractivity contribution in [3.05, 3.63) is 40.1 Å². The van der Waals surface area contributed by atoms with Crippen LogP contribution in [0.1, 0.15) is 61.5 Å². The van der Waals surface area contributed by atoms with Gasteiger partial charge in [0.25, 0.3) is 12.3 Å². The number of fused-ring (bicyclic) bond motifs is 1. The van der Waals surface area contributed by atoms with Gasteiger partial charge in [-0.05, 0) is 56.0 Å². The number of carbonyl (C=O) groups is 2. The zero-order valence-electron chi connectivity index (χ0n) is 21.7. The second-order valence-corrected chi connectivity index (χ2v) is 11.6. The lowest BCUT2D eigenvalue weighted by Gasteiger charge is -2.34. The quantitative estimate of drug-likeness (QED) is 0.395. The van der Waals surface area contributed by atoms with E-state index >= 15 is 0 Å². The van der Waals surface area contributed by atoms with E-state index in [9.17, 15) is 18.4 Å². The molecule has 1 saturated heterocycles. The molecular weight excluding hydrogens is 500 g/mol. The average molecular weight is 534 g/mol. The number of alkyl halides is 2. The molecule has 0 unspecified atom stereocenters. The van der Waals surface area contributed by atoms with Gasteiger partial charge in [-0.15, -0.1) is 11.3 Å². The number of aromatic nitrogens is 2. The van der Waals surface area contributed by atoms with Crippen LogP contribution in [0.2, 0.25) is 0 Å². The molecule has 2 aromatic heterocycles. The van der Waals surface area contributed by atoms with Crippen molar-refractivity contribution in [1.29, 1.82) is 0 Å². The smallest absolute Gasteiger partial charge is 0.410 e. The van der Waals surface area contributed by atoms with Crippen LogP contribution in [0.3, 0.4) is 0 Å². The fourth-order valence-corrected chi connectivity index (χ4v) is 5.01. The topological polar surface area (TPSA) is 88.5 Å². The molecule has 4 rings (SSSR count). The van der Waals surface area contributed by atoms with Gasteiger partial charge in [0, 0.05) is 31.7 Å². The number of halogens is 2. The van der Waals surface area contributed by atoms with Crippen LogP contribution in [-0.2, 0) is 6.54 Å². The molecule has 0 saturated carbocycles. The molecule has 37 heavy (non-hydrogen) atoms. The second-order valence-electron chi connectivity index (χ2n) is 10.5. The van der Waals surface area contributed by atoms with Crippen LogP contribution in [0.15, 0.2) is 30.3 Å². The highest BCUT2D eigenvalue weighted by Gasteiger charge is 2.28. The molecule has 1 aliphatic heterocycles. The van der Waals surface area contributed by atoms with Crippen molar-refractivity contribution in [3.63, 3.8) is 0 Å². The number of imidazole rings is 1. The molecule has 0 spiro atoms. The lowest BCUT2D eigenvalue weighted by molar-refractivity contribution is 0.102. The van der Waals surface area contributed by atoms with Crippen LogP contribution in [0, 0.1) is 5.41 Å². The first-order valence-corrected chi connectivity index (χ1v) is 13.1. The summed E-state index contributed by atoms with van der Waals surface area (Å²) in [6, 6.07) is 7.99. The average Bonchev–Trinajstić information content (AvgIpc) is 3.58. The fraction of sp³-hybridized carbons (Fsp3) is 0.500. The Balaban J connectivity index is 1.60. The number of rotatable bonds is 7. The van der Waals surface area contributed by atoms with E-state index in [0.29, 0.717) is 23.8 Å². The van der Waals surface area contributed by atoms with Crippen molar-refractivity contribution < 1.29 is 23.1 Å². The molecule has 2 N–H and O–H groups in total. The van der Waals surface area contributed by atoms with Crippen LogP contribution in [0.25, 0.3) is 11.0 Å². The third-order valence-corrected chi connectivity index (χ3v) is 7.99. The zero-order valence-corrected chi connectivity index (χ0v) is 22.5. The molecule has 3 heterocycles. The Kier molecular flexibility index (Phi) is 7.84. The third-order valence-electron chi connectivity index (χ3n) is 6.90. The molecule has 2 amide bonds. The zero-order chi connectivity index (χ0) is 26.9. The Morgan fingerprint density at radius 2 is 2.05 bits per heavy atom. The summed E-state index contributed by atoms with van der Waals surface area (Å²) >= 11 is 0.756. The molecule has 2 atom stereocenters. The summed E-state index contributed by atoms with van der Waals surface area (Å²) in [6.07, 6.45) is -1.05. The molecule has 0 aliphatic carbocycles. The van der Waals surface area contributed by atoms with Gasteiger partial charge in [0.2, 0.25) is 5.95 Å². The Morgan fingerprint density at radius 3 is 2.68 bits per heavy atom. The van der Waals surface area contributed by atoms with Crippen LogP contribution in [-0.4, -0.2) is 52.1 Å². The van der Waals surface area contributed by atoms with Crippen molar-refractivity contribution in [2.75, 3.05) is 18.9 Å². The summed E-state index contributed by atoms with van der Waals surface area (Å²) in [6.45, 7) is 9.63. The monoisotopic (exact) mass is 533 g/mol. The van der Waals surface area contributed by atoms with Gasteiger partial charge in [0.15, 0.2) is 0 Å². The van der Waals surface area contributed by atoms with Gasteiger partial charge in [-0.3, -0.25) is 10.1 Å². The number of nitrogens with zero attached hydrogens (tertiary/aromatic N) is 3. The maximum absolute atomic E-state index is 13.0. The van der Waals surface area contributed by atoms with E-state index in [-0.39, 0.29) is 27.3 Å². The molecule has 1 fully saturated rings. The maximum Gasteiger partial charge on any atom is 0.415 e. The number of benzene rings is 1. The molecule has 1 aliphatic rings. The van der Waals surface area contributed by atoms with Crippen molar-refractivity contribution in [1.82, 2.24) is 19.8 Å². The molecular formula is C26H33F2N5O3S. The van der Waals surface area contributed by atoms with Crippen LogP contribution < -0.4 is 15.4 Å². The molecule has 1 aromatic carbocycles. The van der Waals surface area contributed by atoms with Gasteiger partial charge in [-0.25, -0.2) is 18.6 Å². The highest BCUT2D eigenvalue weighted by atomic mass is 32.1. The Bertz CT molecular complexity index is 1280. The molecule has 200 valence electrons. The Labute approximate surface area is 219 Å². The van der Waals surface area contributed by atoms with E-state index in [1.54, 1.807) is 24.1 Å². The SMILES string of the molecule is C[C@H](N(C)C(=O)Oc1ccc2c(c1)nc(NC(=O)c1ccc(C(F)F)s1)n2C[C@H]1CCCN1)C(C)(C)C. The summed E-state index contributed by atoms with van der Waals surface area (Å²) in [5.74, 6) is 0.145. The van der Waals surface area contributed by atoms with Gasteiger partial charge in [0.1, 0.15) is 5.75 Å². The van der Waals surface area contributed by atoms with E-state index in [2.05, 4.69) is 36.4 Å². The van der Waals surface area contributed by atoms with E-state index in [1.807, 2.05) is 17.6 Å². The summed E-state index contributed by atoms with van der Waals surface area (Å²) in [4.78, 5) is 31.8. The second kappa shape index (κ2) is 10.7. The summed E-state index contributed by atoms with van der Waals surface area (Å²) in [5, 5.41) is 6.23. The molecule has 11 heteroatoms. The lowest BCUT2D eigenvalue weighted by Crippen LogP contribution is -2.44. The first kappa shape index (κ1) is 27.0. The largest absolute Gasteiger partial charge is 0.415 e. The third kappa shape index (κ3) is 6.10. The maximum atomic E-state index is 13.0. The van der Waals surface area contributed by atoms with Crippen LogP contribution in [0.4, 0.5) is 19.5 Å². The molecule has 3 aromatic rings. The predicted octanol–water partition coefficient (Wildman–Crippen LogP) is 5.90. The number of amides is 2. The number of hydrogen-bond donors (Lipinski definition) is 2. The van der Waals surface area contributed by atoms with Crippen molar-refractivity contribution in [2.45, 2.75) is 65.6 Å². The summed E-state index contributed by atoms with van der Waals surface area (Å²) in [5.41, 5.74) is 1.19. The summed E-state index contributed by atoms with van der Waals surface area (Å²) < 4.78 is 33.5. The van der Waals surface area contributed by atoms with Crippen molar-refractivity contribution in [2.24, 2.45) is 5.41 Å². The lowest BCUT2D eigenvalue weighted by atomic mass is 9.87. The minimum absolute atomic E-state index is 0.0495. The van der Waals surface area contributed by atoms with Gasteiger partial charge >= 0.3 is 6.09 Å². The van der Waals surface area contributed by atoms with Crippen molar-refractivity contribution in [3.8, 4) is 5.75 Å². The van der Waals surface area contributed by atoms with E-state index in [0.717, 1.165) is 36.2 Å². The van der Waals surface area contributed by atoms with E-state index in [1.165, 1.54) is 12.1 Å². The normalized spacial score (nSPS) is 16.8. The first-order valence-electron chi connectivity index (χ1n) is 12.3. The minimum Gasteiger partial charge on any atom is -0.410 e. The van der Waals surface area contributed by atoms with E-state index in [4.69, 9.17) is 4.74 Å². The van der Waals surface area contributed by atoms with Crippen molar-refractivity contribution >= 4 is 40.3 Å². The standard InChI is InChI=1S/C26H33F2N5O3S/c1-15(26(2,3)4)32(5)25(35)36-17-8-9-19-18(13-17)30-24(33(19)14-16-7-6-12-29-16)31-23(34)21-11-10-20(37-21)22(27)28/h8-11,13,15-16,22,29H,6-7,12,14H2,1-5H3,(H,30,31,34)/t15-,16+/m0/s1. The highest BCUT2D eigenvalue weighted by molar-refractivity contribution is 7.14. The van der Waals surface area contributed by atoms with Crippen LogP contribution in [0.5, 0.6) is 5.75 Å². The number of ether oxygens (including phenoxy) is 1. The highest BCUT2D eigenvalue weighted by Crippen LogP contribution is 2.30. The Morgan fingerprint density at radius 1 is 1.30 bits per heavy atom. The first-order chi connectivity index (χ1) is 17.4. The molecule has 8 nitrogen and oxygen atoms in total. The van der Waals surface area contributed by atoms with Gasteiger partial charge in [0.05, 0.1) is 20.8 Å². The molecule has 0 radical (unpaired) electrons. The number of thiophene rings is 1. The van der Waals surface area contributed by atoms with Crippen LogP contribution >= 0.6 is 11.3 Å². The number of hydrogen-bond acceptors (Lipinski definition) is 6. The fourth-order valence-electron chi connectivity index (χ4n) is 4.25. The number of nitrogens with one attached hydrogen (secondary N) is 2. The summed E-state index contributed by atoms with van der Waals surface area (Å²) in [7, 11) is 1.71. The predicted molar refractivity (Wildman–Crippen MR) is 141 cm³/mol. The Hall–Kier alpha value is -3.05. The van der Waals surface area contributed by atoms with Gasteiger partial charge in [-0.1, -0.05) is 20.8 Å². The minimum atomic E-state index is -2.63. The van der Waals surface area contributed by atoms with Gasteiger partial charge < -0.3 is 19.5 Å². The van der Waals surface area contributed by atoms with E-state index < -0.39 is 18.4 Å². The molecule has 0 bridgehead atoms. The van der Waals surface area contributed by atoms with Gasteiger partial charge in [-0.2, -0.15) is 0 Å². The number of anilines is 1.